The van der Waals surface area contributed by atoms with Crippen LogP contribution in [0.4, 0.5) is 5.95 Å². The van der Waals surface area contributed by atoms with E-state index in [4.69, 9.17) is 16.3 Å². The molecule has 0 aliphatic heterocycles. The van der Waals surface area contributed by atoms with E-state index in [1.807, 2.05) is 25.8 Å². The van der Waals surface area contributed by atoms with Crippen molar-refractivity contribution in [1.82, 2.24) is 15.0 Å². The van der Waals surface area contributed by atoms with Crippen LogP contribution in [0.25, 0.3) is 0 Å². The maximum atomic E-state index is 5.91. The van der Waals surface area contributed by atoms with Gasteiger partial charge >= 0.3 is 6.01 Å². The summed E-state index contributed by atoms with van der Waals surface area (Å²) in [5, 5.41) is 0.172. The van der Waals surface area contributed by atoms with Gasteiger partial charge in [-0.2, -0.15) is 15.0 Å². The number of rotatable bonds is 5. The minimum atomic E-state index is 0.0162. The van der Waals surface area contributed by atoms with Crippen LogP contribution in [0.5, 0.6) is 6.01 Å². The Hall–Kier alpha value is -1.10. The van der Waals surface area contributed by atoms with E-state index in [1.165, 1.54) is 12.8 Å². The molecule has 1 aromatic rings. The van der Waals surface area contributed by atoms with Crippen molar-refractivity contribution in [2.75, 3.05) is 11.9 Å². The molecule has 18 heavy (non-hydrogen) atoms. The molecule has 5 nitrogen and oxygen atoms in total. The number of nitrogens with zero attached hydrogens (tertiary/aromatic N) is 4. The van der Waals surface area contributed by atoms with Crippen LogP contribution < -0.4 is 9.64 Å². The molecule has 0 amide bonds. The highest BCUT2D eigenvalue weighted by Crippen LogP contribution is 2.35. The zero-order valence-corrected chi connectivity index (χ0v) is 12.0. The molecule has 0 saturated heterocycles. The van der Waals surface area contributed by atoms with Crippen molar-refractivity contribution in [3.8, 4) is 6.01 Å². The number of halogens is 1. The Kier molecular flexibility index (Phi) is 3.90. The van der Waals surface area contributed by atoms with Gasteiger partial charge in [0.2, 0.25) is 11.2 Å². The zero-order chi connectivity index (χ0) is 13.3. The summed E-state index contributed by atoms with van der Waals surface area (Å²) in [6.45, 7) is 6.03. The maximum Gasteiger partial charge on any atom is 0.322 e. The third kappa shape index (κ3) is 3.22. The first-order valence-electron chi connectivity index (χ1n) is 6.28. The van der Waals surface area contributed by atoms with Crippen LogP contribution in [0.3, 0.4) is 0 Å². The smallest absolute Gasteiger partial charge is 0.322 e. The third-order valence-corrected chi connectivity index (χ3v) is 3.32. The van der Waals surface area contributed by atoms with E-state index in [9.17, 15) is 0 Å². The lowest BCUT2D eigenvalue weighted by atomic mass is 10.2. The number of hydrogen-bond acceptors (Lipinski definition) is 5. The molecule has 1 atom stereocenters. The lowest BCUT2D eigenvalue weighted by molar-refractivity contribution is 0.221. The summed E-state index contributed by atoms with van der Waals surface area (Å²) >= 11 is 5.91. The molecule has 100 valence electrons. The predicted octanol–water partition coefficient (Wildman–Crippen LogP) is 2.55. The van der Waals surface area contributed by atoms with Crippen LogP contribution in [-0.4, -0.2) is 34.1 Å². The summed E-state index contributed by atoms with van der Waals surface area (Å²) in [6.07, 6.45) is 2.57. The number of ether oxygens (including phenoxy) is 1. The summed E-state index contributed by atoms with van der Waals surface area (Å²) in [5.41, 5.74) is 0. The van der Waals surface area contributed by atoms with Gasteiger partial charge in [-0.25, -0.2) is 0 Å². The first kappa shape index (κ1) is 13.3. The maximum absolute atomic E-state index is 5.91. The van der Waals surface area contributed by atoms with Gasteiger partial charge in [-0.1, -0.05) is 0 Å². The van der Waals surface area contributed by atoms with E-state index in [0.717, 1.165) is 5.92 Å². The molecular formula is C12H19ClN4O. The lowest BCUT2D eigenvalue weighted by Gasteiger charge is -2.24. The fraction of sp³-hybridized carbons (Fsp3) is 0.750. The Balaban J connectivity index is 2.18. The first-order valence-corrected chi connectivity index (χ1v) is 6.66. The molecule has 1 aromatic heterocycles. The van der Waals surface area contributed by atoms with Crippen LogP contribution in [0.15, 0.2) is 0 Å². The van der Waals surface area contributed by atoms with Crippen molar-refractivity contribution in [1.29, 1.82) is 0 Å². The van der Waals surface area contributed by atoms with Crippen LogP contribution in [-0.2, 0) is 0 Å². The van der Waals surface area contributed by atoms with E-state index in [2.05, 4.69) is 21.9 Å². The first-order chi connectivity index (χ1) is 8.47. The largest absolute Gasteiger partial charge is 0.461 e. The van der Waals surface area contributed by atoms with Crippen molar-refractivity contribution in [2.45, 2.75) is 45.8 Å². The molecule has 0 aromatic carbocycles. The molecule has 2 rings (SSSR count). The second kappa shape index (κ2) is 5.26. The summed E-state index contributed by atoms with van der Waals surface area (Å²) in [4.78, 5) is 14.5. The Bertz CT molecular complexity index is 423. The Morgan fingerprint density at radius 3 is 2.44 bits per heavy atom. The van der Waals surface area contributed by atoms with Gasteiger partial charge in [-0.15, -0.1) is 0 Å². The SMILES string of the molecule is CC(C)Oc1nc(Cl)nc(N(C)C(C)C2CC2)n1. The van der Waals surface area contributed by atoms with Gasteiger partial charge in [0.15, 0.2) is 0 Å². The zero-order valence-electron chi connectivity index (χ0n) is 11.2. The second-order valence-corrected chi connectivity index (χ2v) is 5.38. The fourth-order valence-corrected chi connectivity index (χ4v) is 1.97. The quantitative estimate of drug-likeness (QED) is 0.823. The topological polar surface area (TPSA) is 51.1 Å². The normalized spacial score (nSPS) is 16.8. The number of anilines is 1. The van der Waals surface area contributed by atoms with Crippen LogP contribution in [0.2, 0.25) is 5.28 Å². The van der Waals surface area contributed by atoms with Crippen molar-refractivity contribution < 1.29 is 4.74 Å². The van der Waals surface area contributed by atoms with E-state index < -0.39 is 0 Å². The van der Waals surface area contributed by atoms with Crippen molar-refractivity contribution in [3.05, 3.63) is 5.28 Å². The highest BCUT2D eigenvalue weighted by Gasteiger charge is 2.31. The number of aromatic nitrogens is 3. The molecule has 1 unspecified atom stereocenters. The minimum Gasteiger partial charge on any atom is -0.461 e. The minimum absolute atomic E-state index is 0.0162. The molecule has 6 heteroatoms. The molecule has 1 aliphatic carbocycles. The average Bonchev–Trinajstić information content (AvgIpc) is 3.09. The van der Waals surface area contributed by atoms with E-state index in [-0.39, 0.29) is 17.4 Å². The molecule has 1 saturated carbocycles. The van der Waals surface area contributed by atoms with E-state index >= 15 is 0 Å². The second-order valence-electron chi connectivity index (χ2n) is 5.04. The van der Waals surface area contributed by atoms with Gasteiger partial charge in [0.05, 0.1) is 6.10 Å². The summed E-state index contributed by atoms with van der Waals surface area (Å²) in [7, 11) is 1.98. The van der Waals surface area contributed by atoms with E-state index in [0.29, 0.717) is 12.0 Å². The van der Waals surface area contributed by atoms with Gasteiger partial charge in [0.1, 0.15) is 0 Å². The van der Waals surface area contributed by atoms with Gasteiger partial charge in [-0.3, -0.25) is 0 Å². The molecule has 1 aliphatic rings. The molecular weight excluding hydrogens is 252 g/mol. The Morgan fingerprint density at radius 1 is 1.22 bits per heavy atom. The van der Waals surface area contributed by atoms with Gasteiger partial charge in [0, 0.05) is 13.1 Å². The standard InChI is InChI=1S/C12H19ClN4O/c1-7(2)18-12-15-10(13)14-11(16-12)17(4)8(3)9-5-6-9/h7-9H,5-6H2,1-4H3. The van der Waals surface area contributed by atoms with Crippen molar-refractivity contribution >= 4 is 17.5 Å². The van der Waals surface area contributed by atoms with Gasteiger partial charge in [0.25, 0.3) is 0 Å². The molecule has 0 N–H and O–H groups in total. The Labute approximate surface area is 113 Å². The van der Waals surface area contributed by atoms with Crippen molar-refractivity contribution in [2.24, 2.45) is 5.92 Å². The third-order valence-electron chi connectivity index (χ3n) is 3.15. The fourth-order valence-electron chi connectivity index (χ4n) is 1.82. The monoisotopic (exact) mass is 270 g/mol. The van der Waals surface area contributed by atoms with Crippen molar-refractivity contribution in [3.63, 3.8) is 0 Å². The number of hydrogen-bond donors (Lipinski definition) is 0. The predicted molar refractivity (Wildman–Crippen MR) is 71.2 cm³/mol. The van der Waals surface area contributed by atoms with Crippen LogP contribution in [0.1, 0.15) is 33.6 Å². The Morgan fingerprint density at radius 2 is 1.89 bits per heavy atom. The molecule has 1 fully saturated rings. The average molecular weight is 271 g/mol. The summed E-state index contributed by atoms with van der Waals surface area (Å²) in [5.74, 6) is 1.31. The van der Waals surface area contributed by atoms with Gasteiger partial charge < -0.3 is 9.64 Å². The van der Waals surface area contributed by atoms with Gasteiger partial charge in [-0.05, 0) is 51.1 Å². The highest BCUT2D eigenvalue weighted by atomic mass is 35.5. The molecule has 0 spiro atoms. The summed E-state index contributed by atoms with van der Waals surface area (Å²) in [6, 6.07) is 0.699. The highest BCUT2D eigenvalue weighted by molar-refractivity contribution is 6.28. The molecule has 1 heterocycles. The van der Waals surface area contributed by atoms with E-state index in [1.54, 1.807) is 0 Å². The summed E-state index contributed by atoms with van der Waals surface area (Å²) < 4.78 is 5.47. The lowest BCUT2D eigenvalue weighted by Crippen LogP contribution is -2.32. The van der Waals surface area contributed by atoms with Crippen LogP contribution >= 0.6 is 11.6 Å². The van der Waals surface area contributed by atoms with Crippen LogP contribution in [0, 0.1) is 5.92 Å². The molecule has 0 bridgehead atoms. The molecule has 0 radical (unpaired) electrons.